The van der Waals surface area contributed by atoms with E-state index in [9.17, 15) is 33.7 Å². The van der Waals surface area contributed by atoms with E-state index >= 15 is 0 Å². The average Bonchev–Trinajstić information content (AvgIpc) is 1.60. The van der Waals surface area contributed by atoms with Crippen LogP contribution in [-0.4, -0.2) is 128 Å². The van der Waals surface area contributed by atoms with E-state index < -0.39 is 39.3 Å². The van der Waals surface area contributed by atoms with Crippen LogP contribution in [0, 0.1) is 0 Å². The van der Waals surface area contributed by atoms with Gasteiger partial charge in [0.2, 0.25) is 0 Å². The SMILES string of the molecule is CCCCCCCCCCCCCCCCCCS(C)(=O)=O.CCCCCCCCCCCCCCCCCCS(C)(=O)=O.CCCCCCCCCCCCCCCCCCS(C)(=O)=O.CCCCCCCCCCCCCCCCCCS(C)(=O)=O.[Cu].c1ccc2c(c1)C1=NC2=NC2=NC(=NC3=NC(=NC4=NC(=N1)c1ccccc14)c1ccccc13)c1ccccc12. The minimum Gasteiger partial charge on any atom is -0.229 e. The Hall–Kier alpha value is -5.44. The van der Waals surface area contributed by atoms with Crippen molar-refractivity contribution in [1.29, 1.82) is 0 Å². The largest absolute Gasteiger partial charge is 0.229 e. The van der Waals surface area contributed by atoms with Gasteiger partial charge in [-0.2, -0.15) is 0 Å². The number of benzene rings is 4. The molecule has 0 saturated carbocycles. The molecule has 0 N–H and O–H groups in total. The fourth-order valence-corrected chi connectivity index (χ4v) is 20.0. The molecule has 8 bridgehead atoms. The van der Waals surface area contributed by atoms with Gasteiger partial charge in [-0.15, -0.1) is 0 Å². The van der Waals surface area contributed by atoms with Crippen molar-refractivity contribution in [2.75, 3.05) is 48.0 Å². The van der Waals surface area contributed by atoms with Crippen molar-refractivity contribution in [3.8, 4) is 0 Å². The van der Waals surface area contributed by atoms with Crippen LogP contribution in [0.5, 0.6) is 0 Å². The summed E-state index contributed by atoms with van der Waals surface area (Å²) in [5, 5.41) is 0. The van der Waals surface area contributed by atoms with Crippen LogP contribution in [0.1, 0.15) is 483 Å². The van der Waals surface area contributed by atoms with E-state index in [1.54, 1.807) is 0 Å². The molecule has 0 aromatic heterocycles. The fourth-order valence-electron chi connectivity index (χ4n) is 17.1. The van der Waals surface area contributed by atoms with Crippen molar-refractivity contribution in [3.63, 3.8) is 0 Å². The van der Waals surface area contributed by atoms with Crippen LogP contribution in [0.15, 0.2) is 137 Å². The molecule has 5 aliphatic heterocycles. The van der Waals surface area contributed by atoms with Gasteiger partial charge in [0.15, 0.2) is 46.7 Å². The van der Waals surface area contributed by atoms with Gasteiger partial charge in [0.25, 0.3) is 0 Å². The number of rotatable bonds is 68. The van der Waals surface area contributed by atoms with E-state index in [1.165, 1.54) is 385 Å². The number of unbranched alkanes of at least 4 members (excludes halogenated alkanes) is 60. The molecule has 5 aliphatic rings. The zero-order chi connectivity index (χ0) is 92.3. The maximum atomic E-state index is 11.0. The smallest absolute Gasteiger partial charge is 0.164 e. The van der Waals surface area contributed by atoms with Crippen molar-refractivity contribution in [2.24, 2.45) is 39.9 Å². The number of hydrogen-bond acceptors (Lipinski definition) is 16. The van der Waals surface area contributed by atoms with Crippen LogP contribution in [0.2, 0.25) is 0 Å². The normalized spacial score (nSPS) is 13.5. The molecule has 21 heteroatoms. The molecule has 0 aliphatic carbocycles. The summed E-state index contributed by atoms with van der Waals surface area (Å²) < 4.78 is 87.8. The van der Waals surface area contributed by atoms with Crippen LogP contribution in [0.3, 0.4) is 0 Å². The first-order chi connectivity index (χ1) is 62.0. The standard InChI is InChI=1S/C32H16N8.4C19H40O2S.Cu/c1-2-10-18-17(9-1)25-33-26(18)38-28-21-13-5-6-14-22(21)30(35-28)40-32-24-16-8-7-15-23(24)31(36-32)39-29-20-12-4-3-11-19(20)27(34-29)37-25;4*1-3-4-5-6-7-8-9-10-11-12-13-14-15-16-17-18-19-22(2,20)21;/h1-16H;4*3-19H2,1-2H3;. The van der Waals surface area contributed by atoms with Gasteiger partial charge in [0, 0.05) is 110 Å². The second-order valence-corrected chi connectivity index (χ2v) is 46.4. The molecule has 4 aromatic carbocycles. The van der Waals surface area contributed by atoms with Gasteiger partial charge in [-0.3, -0.25) is 0 Å². The molecule has 4 aromatic rings. The van der Waals surface area contributed by atoms with Gasteiger partial charge in [0.1, 0.15) is 39.3 Å². The summed E-state index contributed by atoms with van der Waals surface area (Å²) in [6, 6.07) is 31.8. The van der Waals surface area contributed by atoms with Crippen molar-refractivity contribution < 1.29 is 50.7 Å². The Morgan fingerprint density at radius 1 is 0.155 bits per heavy atom. The Bertz CT molecular complexity index is 3860. The van der Waals surface area contributed by atoms with Crippen molar-refractivity contribution in [1.82, 2.24) is 0 Å². The van der Waals surface area contributed by atoms with Crippen molar-refractivity contribution >= 4 is 86.0 Å². The van der Waals surface area contributed by atoms with Crippen molar-refractivity contribution in [3.05, 3.63) is 142 Å². The first-order valence-electron chi connectivity index (χ1n) is 51.8. The summed E-state index contributed by atoms with van der Waals surface area (Å²) in [7, 11) is -11.0. The quantitative estimate of drug-likeness (QED) is 0.0304. The zero-order valence-electron chi connectivity index (χ0n) is 82.1. The predicted octanol–water partition coefficient (Wildman–Crippen LogP) is 30.0. The van der Waals surface area contributed by atoms with E-state index in [0.717, 1.165) is 95.9 Å². The Morgan fingerprint density at radius 3 is 0.326 bits per heavy atom. The summed E-state index contributed by atoms with van der Waals surface area (Å²) in [6.07, 6.45) is 90.2. The molecule has 129 heavy (non-hydrogen) atoms. The molecule has 1 radical (unpaired) electrons. The Labute approximate surface area is 799 Å². The third-order valence-corrected chi connectivity index (χ3v) is 28.9. The minimum absolute atomic E-state index is 0. The van der Waals surface area contributed by atoms with Crippen LogP contribution in [0.25, 0.3) is 0 Å². The van der Waals surface area contributed by atoms with Gasteiger partial charge in [-0.1, -0.05) is 510 Å². The summed E-state index contributed by atoms with van der Waals surface area (Å²) in [5.74, 6) is 5.88. The summed E-state index contributed by atoms with van der Waals surface area (Å²) in [4.78, 5) is 39.3. The van der Waals surface area contributed by atoms with E-state index in [4.69, 9.17) is 39.9 Å². The number of amidine groups is 8. The molecule has 0 saturated heterocycles. The first-order valence-corrected chi connectivity index (χ1v) is 60.1. The van der Waals surface area contributed by atoms with Crippen LogP contribution >= 0.6 is 0 Å². The van der Waals surface area contributed by atoms with E-state index in [-0.39, 0.29) is 17.1 Å². The third kappa shape index (κ3) is 55.9. The van der Waals surface area contributed by atoms with Crippen LogP contribution in [0.4, 0.5) is 0 Å². The van der Waals surface area contributed by atoms with E-state index in [1.807, 2.05) is 97.1 Å². The molecule has 16 nitrogen and oxygen atoms in total. The third-order valence-electron chi connectivity index (χ3n) is 24.8. The molecule has 9 rings (SSSR count). The summed E-state index contributed by atoms with van der Waals surface area (Å²) >= 11 is 0. The zero-order valence-corrected chi connectivity index (χ0v) is 86.3. The molecular weight excluding hydrogens is 1730 g/mol. The average molecular weight is 1910 g/mol. The Morgan fingerprint density at radius 2 is 0.240 bits per heavy atom. The number of sulfone groups is 4. The van der Waals surface area contributed by atoms with Gasteiger partial charge in [-0.05, 0) is 25.7 Å². The minimum atomic E-state index is -2.74. The van der Waals surface area contributed by atoms with Gasteiger partial charge >= 0.3 is 0 Å². The number of nitrogens with zero attached hydrogens (tertiary/aromatic N) is 8. The van der Waals surface area contributed by atoms with Crippen LogP contribution < -0.4 is 0 Å². The molecule has 0 atom stereocenters. The second-order valence-electron chi connectivity index (χ2n) is 37.4. The van der Waals surface area contributed by atoms with E-state index in [2.05, 4.69) is 27.7 Å². The molecule has 0 amide bonds. The predicted molar refractivity (Wildman–Crippen MR) is 555 cm³/mol. The van der Waals surface area contributed by atoms with E-state index in [0.29, 0.717) is 69.7 Å². The Balaban J connectivity index is 0.000000350. The molecule has 0 spiro atoms. The topological polar surface area (TPSA) is 235 Å². The fraction of sp³-hybridized carbons (Fsp3) is 0.704. The monoisotopic (exact) mass is 1900 g/mol. The maximum Gasteiger partial charge on any atom is 0.164 e. The Kier molecular flexibility index (Phi) is 64.7. The molecule has 731 valence electrons. The van der Waals surface area contributed by atoms with Crippen LogP contribution in [-0.2, 0) is 56.4 Å². The summed E-state index contributed by atoms with van der Waals surface area (Å²) in [6.45, 7) is 9.09. The van der Waals surface area contributed by atoms with Gasteiger partial charge in [-0.25, -0.2) is 73.6 Å². The molecule has 0 unspecified atom stereocenters. The molecule has 5 heterocycles. The van der Waals surface area contributed by atoms with Gasteiger partial charge < -0.3 is 0 Å². The number of aliphatic imine (C=N–C) groups is 8. The second kappa shape index (κ2) is 72.0. The maximum absolute atomic E-state index is 11.0. The number of fused-ring (bicyclic) bond motifs is 16. The first kappa shape index (κ1) is 116. The van der Waals surface area contributed by atoms with Crippen molar-refractivity contribution in [2.45, 2.75) is 439 Å². The summed E-state index contributed by atoms with van der Waals surface area (Å²) in [5.41, 5.74) is 7.15. The van der Waals surface area contributed by atoms with Gasteiger partial charge in [0.05, 0.1) is 0 Å². The molecular formula is C108H176CuN8O8S4. The number of hydrogen-bond donors (Lipinski definition) is 0. The molecule has 0 fully saturated rings.